The molecule has 0 aromatic carbocycles. The van der Waals surface area contributed by atoms with Gasteiger partial charge in [0.05, 0.1) is 17.1 Å². The van der Waals surface area contributed by atoms with E-state index in [9.17, 15) is 4.21 Å². The Morgan fingerprint density at radius 3 is 2.10 bits per heavy atom. The van der Waals surface area contributed by atoms with E-state index in [-0.39, 0.29) is 0 Å². The van der Waals surface area contributed by atoms with E-state index < -0.39 is 16.5 Å². The van der Waals surface area contributed by atoms with Crippen molar-refractivity contribution in [1.29, 1.82) is 5.26 Å². The summed E-state index contributed by atoms with van der Waals surface area (Å²) in [6, 6.07) is 2.06. The van der Waals surface area contributed by atoms with Crippen LogP contribution < -0.4 is 0 Å². The van der Waals surface area contributed by atoms with E-state index in [1.807, 2.05) is 0 Å². The van der Waals surface area contributed by atoms with Crippen molar-refractivity contribution in [2.75, 3.05) is 13.3 Å². The van der Waals surface area contributed by atoms with Crippen molar-refractivity contribution in [3.63, 3.8) is 0 Å². The molecule has 3 nitrogen and oxygen atoms in total. The van der Waals surface area contributed by atoms with Crippen molar-refractivity contribution in [1.82, 2.24) is 4.31 Å². The second-order valence-electron chi connectivity index (χ2n) is 2.59. The molecule has 0 fully saturated rings. The molecule has 0 rings (SSSR count). The van der Waals surface area contributed by atoms with Crippen LogP contribution in [0, 0.1) is 11.3 Å². The molecule has 0 spiro atoms. The first kappa shape index (κ1) is 9.60. The monoisotopic (exact) mass is 160 g/mol. The zero-order chi connectivity index (χ0) is 8.36. The van der Waals surface area contributed by atoms with E-state index in [4.69, 9.17) is 5.26 Å². The Hall–Kier alpha value is -0.400. The van der Waals surface area contributed by atoms with Gasteiger partial charge in [0.2, 0.25) is 0 Å². The predicted octanol–water partition coefficient (Wildman–Crippen LogP) is 0.514. The zero-order valence-electron chi connectivity index (χ0n) is 6.71. The molecule has 0 heterocycles. The molecular formula is C6H12N2OS. The van der Waals surface area contributed by atoms with Crippen LogP contribution in [0.4, 0.5) is 0 Å². The molecular weight excluding hydrogens is 148 g/mol. The summed E-state index contributed by atoms with van der Waals surface area (Å²) in [6.45, 7) is 3.46. The SMILES string of the molecule is CN(S(C)=O)C(C)(C)C#N. The van der Waals surface area contributed by atoms with Gasteiger partial charge in [-0.3, -0.25) is 0 Å². The molecule has 58 valence electrons. The third-order valence-corrected chi connectivity index (χ3v) is 2.67. The fourth-order valence-electron chi connectivity index (χ4n) is 0.392. The van der Waals surface area contributed by atoms with Crippen molar-refractivity contribution < 1.29 is 4.21 Å². The first-order chi connectivity index (χ1) is 4.41. The first-order valence-electron chi connectivity index (χ1n) is 2.90. The fraction of sp³-hybridized carbons (Fsp3) is 0.833. The maximum Gasteiger partial charge on any atom is 0.114 e. The number of hydrogen-bond acceptors (Lipinski definition) is 2. The summed E-state index contributed by atoms with van der Waals surface area (Å²) in [5.74, 6) is 0. The van der Waals surface area contributed by atoms with Crippen LogP contribution in [-0.4, -0.2) is 27.4 Å². The molecule has 1 atom stereocenters. The Balaban J connectivity index is 4.37. The standard InChI is InChI=1S/C6H12N2OS/c1-6(2,5-7)8(3)10(4)9/h1-4H3. The zero-order valence-corrected chi connectivity index (χ0v) is 7.53. The van der Waals surface area contributed by atoms with Gasteiger partial charge in [-0.05, 0) is 13.8 Å². The van der Waals surface area contributed by atoms with Crippen molar-refractivity contribution in [3.8, 4) is 6.07 Å². The quantitative estimate of drug-likeness (QED) is 0.591. The first-order valence-corrected chi connectivity index (χ1v) is 4.42. The van der Waals surface area contributed by atoms with Crippen LogP contribution in [0.5, 0.6) is 0 Å². The highest BCUT2D eigenvalue weighted by Crippen LogP contribution is 2.11. The van der Waals surface area contributed by atoms with Crippen LogP contribution in [-0.2, 0) is 11.0 Å². The minimum Gasteiger partial charge on any atom is -0.243 e. The van der Waals surface area contributed by atoms with Crippen molar-refractivity contribution in [2.24, 2.45) is 0 Å². The normalized spacial score (nSPS) is 14.8. The van der Waals surface area contributed by atoms with Gasteiger partial charge >= 0.3 is 0 Å². The van der Waals surface area contributed by atoms with E-state index in [0.29, 0.717) is 0 Å². The van der Waals surface area contributed by atoms with E-state index >= 15 is 0 Å². The molecule has 10 heavy (non-hydrogen) atoms. The smallest absolute Gasteiger partial charge is 0.114 e. The summed E-state index contributed by atoms with van der Waals surface area (Å²) in [6.07, 6.45) is 1.55. The molecule has 0 bridgehead atoms. The van der Waals surface area contributed by atoms with Crippen molar-refractivity contribution in [3.05, 3.63) is 0 Å². The number of hydrogen-bond donors (Lipinski definition) is 0. The summed E-state index contributed by atoms with van der Waals surface area (Å²) >= 11 is 0. The lowest BCUT2D eigenvalue weighted by Gasteiger charge is -2.25. The Kier molecular flexibility index (Phi) is 3.00. The second kappa shape index (κ2) is 3.13. The minimum atomic E-state index is -1.07. The Morgan fingerprint density at radius 2 is 2.00 bits per heavy atom. The Bertz CT molecular complexity index is 183. The maximum atomic E-state index is 10.8. The van der Waals surface area contributed by atoms with Crippen LogP contribution in [0.1, 0.15) is 13.8 Å². The largest absolute Gasteiger partial charge is 0.243 e. The number of rotatable bonds is 2. The van der Waals surface area contributed by atoms with Gasteiger partial charge < -0.3 is 0 Å². The summed E-state index contributed by atoms with van der Waals surface area (Å²) in [5.41, 5.74) is -0.639. The average molecular weight is 160 g/mol. The predicted molar refractivity (Wildman–Crippen MR) is 41.5 cm³/mol. The highest BCUT2D eigenvalue weighted by Gasteiger charge is 2.24. The van der Waals surface area contributed by atoms with Crippen LogP contribution >= 0.6 is 0 Å². The molecule has 0 aromatic rings. The molecule has 0 N–H and O–H groups in total. The van der Waals surface area contributed by atoms with Crippen LogP contribution in [0.25, 0.3) is 0 Å². The van der Waals surface area contributed by atoms with Gasteiger partial charge in [0.1, 0.15) is 5.54 Å². The maximum absolute atomic E-state index is 10.8. The van der Waals surface area contributed by atoms with Gasteiger partial charge in [-0.25, -0.2) is 8.51 Å². The summed E-state index contributed by atoms with van der Waals surface area (Å²) < 4.78 is 12.4. The third kappa shape index (κ3) is 2.09. The van der Waals surface area contributed by atoms with Crippen LogP contribution in [0.3, 0.4) is 0 Å². The van der Waals surface area contributed by atoms with Gasteiger partial charge in [0.15, 0.2) is 0 Å². The number of nitrogens with zero attached hydrogens (tertiary/aromatic N) is 2. The van der Waals surface area contributed by atoms with Gasteiger partial charge in [-0.2, -0.15) is 5.26 Å². The molecule has 0 aromatic heterocycles. The van der Waals surface area contributed by atoms with Crippen LogP contribution in [0.2, 0.25) is 0 Å². The van der Waals surface area contributed by atoms with Gasteiger partial charge in [-0.1, -0.05) is 0 Å². The van der Waals surface area contributed by atoms with Crippen molar-refractivity contribution >= 4 is 11.0 Å². The lowest BCUT2D eigenvalue weighted by atomic mass is 10.1. The van der Waals surface area contributed by atoms with E-state index in [1.54, 1.807) is 27.2 Å². The lowest BCUT2D eigenvalue weighted by molar-refractivity contribution is 0.359. The summed E-state index contributed by atoms with van der Waals surface area (Å²) in [7, 11) is 0.597. The Labute approximate surface area is 64.2 Å². The van der Waals surface area contributed by atoms with Crippen molar-refractivity contribution in [2.45, 2.75) is 19.4 Å². The average Bonchev–Trinajstić information content (AvgIpc) is 1.86. The van der Waals surface area contributed by atoms with E-state index in [1.165, 1.54) is 4.31 Å². The Morgan fingerprint density at radius 1 is 1.60 bits per heavy atom. The van der Waals surface area contributed by atoms with Gasteiger partial charge in [0, 0.05) is 13.3 Å². The molecule has 0 amide bonds. The highest BCUT2D eigenvalue weighted by atomic mass is 32.2. The van der Waals surface area contributed by atoms with E-state index in [2.05, 4.69) is 6.07 Å². The van der Waals surface area contributed by atoms with Gasteiger partial charge in [-0.15, -0.1) is 0 Å². The second-order valence-corrected chi connectivity index (χ2v) is 3.99. The molecule has 0 saturated heterocycles. The van der Waals surface area contributed by atoms with Gasteiger partial charge in [0.25, 0.3) is 0 Å². The molecule has 0 aliphatic heterocycles. The highest BCUT2D eigenvalue weighted by molar-refractivity contribution is 7.81. The van der Waals surface area contributed by atoms with Crippen LogP contribution in [0.15, 0.2) is 0 Å². The molecule has 0 aliphatic rings. The molecule has 0 radical (unpaired) electrons. The summed E-state index contributed by atoms with van der Waals surface area (Å²) in [4.78, 5) is 0. The van der Waals surface area contributed by atoms with E-state index in [0.717, 1.165) is 0 Å². The minimum absolute atomic E-state index is 0.639. The molecule has 0 aliphatic carbocycles. The summed E-state index contributed by atoms with van der Waals surface area (Å²) in [5, 5.41) is 8.59. The topological polar surface area (TPSA) is 44.1 Å². The molecule has 1 unspecified atom stereocenters. The molecule has 4 heteroatoms. The third-order valence-electron chi connectivity index (χ3n) is 1.45. The fourth-order valence-corrected chi connectivity index (χ4v) is 1.08. The number of nitriles is 1. The lowest BCUT2D eigenvalue weighted by Crippen LogP contribution is -2.40. The molecule has 0 saturated carbocycles.